The van der Waals surface area contributed by atoms with Crippen molar-refractivity contribution < 1.29 is 22.7 Å². The van der Waals surface area contributed by atoms with Gasteiger partial charge >= 0.3 is 6.18 Å². The third-order valence-electron chi connectivity index (χ3n) is 4.26. The Balaban J connectivity index is 1.92. The van der Waals surface area contributed by atoms with Crippen molar-refractivity contribution in [1.29, 1.82) is 0 Å². The van der Waals surface area contributed by atoms with E-state index in [0.717, 1.165) is 24.8 Å². The minimum atomic E-state index is -4.40. The van der Waals surface area contributed by atoms with Gasteiger partial charge in [0.15, 0.2) is 6.61 Å². The molecule has 0 saturated heterocycles. The first kappa shape index (κ1) is 18.6. The molecule has 0 spiro atoms. The van der Waals surface area contributed by atoms with Gasteiger partial charge in [-0.2, -0.15) is 13.2 Å². The van der Waals surface area contributed by atoms with Crippen molar-refractivity contribution in [1.82, 2.24) is 5.32 Å². The molecule has 0 aromatic heterocycles. The van der Waals surface area contributed by atoms with E-state index in [1.54, 1.807) is 25.1 Å². The highest BCUT2D eigenvalue weighted by atomic mass is 19.4. The fourth-order valence-corrected chi connectivity index (χ4v) is 2.92. The first-order valence-corrected chi connectivity index (χ1v) is 8.06. The number of nitrogens with two attached hydrogens (primary N) is 1. The Bertz CT molecular complexity index is 575. The van der Waals surface area contributed by atoms with E-state index in [4.69, 9.17) is 10.5 Å². The Hall–Kier alpha value is -1.76. The van der Waals surface area contributed by atoms with Crippen LogP contribution in [-0.2, 0) is 11.3 Å². The SMILES string of the molecule is Cc1ccc(CNC(=O)C[C@@H]2CCC[C@H]2N)c(OCC(F)(F)F)c1. The summed E-state index contributed by atoms with van der Waals surface area (Å²) < 4.78 is 41.9. The molecule has 1 amide bonds. The highest BCUT2D eigenvalue weighted by Gasteiger charge is 2.29. The molecule has 1 saturated carbocycles. The van der Waals surface area contributed by atoms with Crippen molar-refractivity contribution in [3.63, 3.8) is 0 Å². The molecule has 1 fully saturated rings. The van der Waals surface area contributed by atoms with Crippen LogP contribution in [-0.4, -0.2) is 24.7 Å². The predicted octanol–water partition coefficient (Wildman–Crippen LogP) is 3.07. The van der Waals surface area contributed by atoms with Gasteiger partial charge < -0.3 is 15.8 Å². The fourth-order valence-electron chi connectivity index (χ4n) is 2.92. The summed E-state index contributed by atoms with van der Waals surface area (Å²) in [6.07, 6.45) is -1.13. The molecule has 3 N–H and O–H groups in total. The molecule has 1 aliphatic carbocycles. The maximum Gasteiger partial charge on any atom is 0.422 e. The number of hydrogen-bond donors (Lipinski definition) is 2. The van der Waals surface area contributed by atoms with Crippen LogP contribution in [0.2, 0.25) is 0 Å². The Morgan fingerprint density at radius 2 is 2.12 bits per heavy atom. The lowest BCUT2D eigenvalue weighted by atomic mass is 10.00. The number of nitrogens with one attached hydrogen (secondary N) is 1. The number of halogens is 3. The average molecular weight is 344 g/mol. The Labute approximate surface area is 139 Å². The van der Waals surface area contributed by atoms with Gasteiger partial charge in [-0.05, 0) is 37.3 Å². The third-order valence-corrected chi connectivity index (χ3v) is 4.26. The number of ether oxygens (including phenoxy) is 1. The molecular formula is C17H23F3N2O2. The number of hydrogen-bond acceptors (Lipinski definition) is 3. The van der Waals surface area contributed by atoms with E-state index in [1.165, 1.54) is 0 Å². The second-order valence-corrected chi connectivity index (χ2v) is 6.35. The molecular weight excluding hydrogens is 321 g/mol. The van der Waals surface area contributed by atoms with E-state index in [1.807, 2.05) is 0 Å². The van der Waals surface area contributed by atoms with Gasteiger partial charge in [-0.15, -0.1) is 0 Å². The number of alkyl halides is 3. The first-order valence-electron chi connectivity index (χ1n) is 8.06. The summed E-state index contributed by atoms with van der Waals surface area (Å²) in [7, 11) is 0. The summed E-state index contributed by atoms with van der Waals surface area (Å²) in [5.74, 6) is 0.189. The normalized spacial score (nSPS) is 20.9. The Kier molecular flexibility index (Phi) is 6.10. The second-order valence-electron chi connectivity index (χ2n) is 6.35. The van der Waals surface area contributed by atoms with Crippen LogP contribution in [0.4, 0.5) is 13.2 Å². The molecule has 0 heterocycles. The van der Waals surface area contributed by atoms with Crippen LogP contribution in [0.3, 0.4) is 0 Å². The minimum absolute atomic E-state index is 0.0563. The predicted molar refractivity (Wildman–Crippen MR) is 84.5 cm³/mol. The lowest BCUT2D eigenvalue weighted by Gasteiger charge is -2.16. The van der Waals surface area contributed by atoms with Crippen molar-refractivity contribution in [2.24, 2.45) is 11.7 Å². The molecule has 24 heavy (non-hydrogen) atoms. The lowest BCUT2D eigenvalue weighted by Crippen LogP contribution is -2.31. The van der Waals surface area contributed by atoms with E-state index in [0.29, 0.717) is 12.0 Å². The number of carbonyl (C=O) groups excluding carboxylic acids is 1. The van der Waals surface area contributed by atoms with Crippen molar-refractivity contribution >= 4 is 5.91 Å². The van der Waals surface area contributed by atoms with E-state index in [-0.39, 0.29) is 30.2 Å². The maximum atomic E-state index is 12.3. The summed E-state index contributed by atoms with van der Waals surface area (Å²) in [5, 5.41) is 2.75. The number of amides is 1. The van der Waals surface area contributed by atoms with Crippen LogP contribution < -0.4 is 15.8 Å². The molecule has 1 aromatic rings. The lowest BCUT2D eigenvalue weighted by molar-refractivity contribution is -0.153. The number of aryl methyl sites for hydroxylation is 1. The molecule has 1 aliphatic rings. The summed E-state index contributed by atoms with van der Waals surface area (Å²) >= 11 is 0. The summed E-state index contributed by atoms with van der Waals surface area (Å²) in [6, 6.07) is 5.04. The van der Waals surface area contributed by atoms with Crippen molar-refractivity contribution in [2.75, 3.05) is 6.61 Å². The molecule has 0 unspecified atom stereocenters. The molecule has 0 aliphatic heterocycles. The Morgan fingerprint density at radius 3 is 2.75 bits per heavy atom. The van der Waals surface area contributed by atoms with Crippen molar-refractivity contribution in [3.05, 3.63) is 29.3 Å². The number of rotatable bonds is 6. The molecule has 2 rings (SSSR count). The summed E-state index contributed by atoms with van der Waals surface area (Å²) in [6.45, 7) is 0.548. The van der Waals surface area contributed by atoms with E-state index >= 15 is 0 Å². The topological polar surface area (TPSA) is 64.4 Å². The quantitative estimate of drug-likeness (QED) is 0.834. The zero-order valence-electron chi connectivity index (χ0n) is 13.7. The van der Waals surface area contributed by atoms with Crippen molar-refractivity contribution in [3.8, 4) is 5.75 Å². The van der Waals surface area contributed by atoms with Crippen LogP contribution in [0.15, 0.2) is 18.2 Å². The second kappa shape index (κ2) is 7.88. The summed E-state index contributed by atoms with van der Waals surface area (Å²) in [4.78, 5) is 12.0. The van der Waals surface area contributed by atoms with Crippen LogP contribution in [0.25, 0.3) is 0 Å². The van der Waals surface area contributed by atoms with Crippen LogP contribution >= 0.6 is 0 Å². The van der Waals surface area contributed by atoms with Gasteiger partial charge in [0.25, 0.3) is 0 Å². The van der Waals surface area contributed by atoms with Gasteiger partial charge in [0.05, 0.1) is 0 Å². The van der Waals surface area contributed by atoms with E-state index < -0.39 is 12.8 Å². The molecule has 2 atom stereocenters. The summed E-state index contributed by atoms with van der Waals surface area (Å²) in [5.41, 5.74) is 7.26. The fraction of sp³-hybridized carbons (Fsp3) is 0.588. The monoisotopic (exact) mass is 344 g/mol. The highest BCUT2D eigenvalue weighted by molar-refractivity contribution is 5.76. The standard InChI is InChI=1S/C17H23F3N2O2/c1-11-5-6-13(15(7-11)24-10-17(18,19)20)9-22-16(23)8-12-3-2-4-14(12)21/h5-7,12,14H,2-4,8-10,21H2,1H3,(H,22,23)/t12-,14+/m0/s1. The molecule has 0 bridgehead atoms. The van der Waals surface area contributed by atoms with Gasteiger partial charge in [-0.1, -0.05) is 18.6 Å². The highest BCUT2D eigenvalue weighted by Crippen LogP contribution is 2.27. The van der Waals surface area contributed by atoms with Crippen molar-refractivity contribution in [2.45, 2.75) is 51.4 Å². The third kappa shape index (κ3) is 5.70. The van der Waals surface area contributed by atoms with E-state index in [2.05, 4.69) is 5.32 Å². The zero-order chi connectivity index (χ0) is 17.7. The molecule has 4 nitrogen and oxygen atoms in total. The van der Waals surface area contributed by atoms with Crippen LogP contribution in [0.1, 0.15) is 36.8 Å². The minimum Gasteiger partial charge on any atom is -0.484 e. The van der Waals surface area contributed by atoms with E-state index in [9.17, 15) is 18.0 Å². The van der Waals surface area contributed by atoms with Gasteiger partial charge in [0.2, 0.25) is 5.91 Å². The average Bonchev–Trinajstić information content (AvgIpc) is 2.88. The first-order chi connectivity index (χ1) is 11.2. The molecule has 1 aromatic carbocycles. The molecule has 134 valence electrons. The molecule has 0 radical (unpaired) electrons. The van der Waals surface area contributed by atoms with Gasteiger partial charge in [0, 0.05) is 24.6 Å². The number of carbonyl (C=O) groups is 1. The largest absolute Gasteiger partial charge is 0.484 e. The van der Waals surface area contributed by atoms with Crippen LogP contribution in [0.5, 0.6) is 5.75 Å². The smallest absolute Gasteiger partial charge is 0.422 e. The molecule has 7 heteroatoms. The Morgan fingerprint density at radius 1 is 1.38 bits per heavy atom. The number of benzene rings is 1. The maximum absolute atomic E-state index is 12.3. The zero-order valence-corrected chi connectivity index (χ0v) is 13.7. The van der Waals surface area contributed by atoms with Gasteiger partial charge in [-0.3, -0.25) is 4.79 Å². The van der Waals surface area contributed by atoms with Crippen LogP contribution in [0, 0.1) is 12.8 Å². The van der Waals surface area contributed by atoms with Gasteiger partial charge in [0.1, 0.15) is 5.75 Å². The van der Waals surface area contributed by atoms with Gasteiger partial charge in [-0.25, -0.2) is 0 Å².